The first-order chi connectivity index (χ1) is 7.87. The molecule has 0 bridgehead atoms. The molecule has 17 heavy (non-hydrogen) atoms. The Labute approximate surface area is 129 Å². The van der Waals surface area contributed by atoms with Gasteiger partial charge in [-0.15, -0.1) is 0 Å². The molecule has 0 saturated heterocycles. The van der Waals surface area contributed by atoms with E-state index in [1.165, 1.54) is 5.56 Å². The van der Waals surface area contributed by atoms with E-state index < -0.39 is 13.6 Å². The maximum atomic E-state index is 11.5. The largest absolute Gasteiger partial charge is 0.249 e. The molecule has 1 aromatic rings. The summed E-state index contributed by atoms with van der Waals surface area (Å²) in [7, 11) is 0. The van der Waals surface area contributed by atoms with Crippen molar-refractivity contribution in [3.05, 3.63) is 35.9 Å². The molecule has 2 unspecified atom stereocenters. The molecule has 0 heterocycles. The van der Waals surface area contributed by atoms with E-state index in [1.807, 2.05) is 37.3 Å². The Balaban J connectivity index is 2.40. The van der Waals surface area contributed by atoms with Crippen LogP contribution in [-0.4, -0.2) is 12.6 Å². The smallest absolute Gasteiger partial charge is 0.237 e. The van der Waals surface area contributed by atoms with Crippen molar-refractivity contribution in [1.29, 1.82) is 0 Å². The predicted octanol–water partition coefficient (Wildman–Crippen LogP) is 3.60. The third-order valence-electron chi connectivity index (χ3n) is 1.85. The van der Waals surface area contributed by atoms with Crippen LogP contribution in [0.3, 0.4) is 0 Å². The Morgan fingerprint density at radius 2 is 1.94 bits per heavy atom. The van der Waals surface area contributed by atoms with Crippen molar-refractivity contribution in [2.24, 2.45) is 0 Å². The van der Waals surface area contributed by atoms with Gasteiger partial charge in [0.15, 0.2) is 0 Å². The quantitative estimate of drug-likeness (QED) is 0.697. The number of hydrogen-bond acceptors (Lipinski definition) is 2. The highest BCUT2D eigenvalue weighted by atomic mass is 80.0. The summed E-state index contributed by atoms with van der Waals surface area (Å²) < 4.78 is 18.5. The number of alkyl halides is 3. The van der Waals surface area contributed by atoms with Gasteiger partial charge in [-0.25, -0.2) is 13.1 Å². The lowest BCUT2D eigenvalue weighted by molar-refractivity contribution is 0.377. The lowest BCUT2D eigenvalue weighted by Gasteiger charge is -2.16. The maximum absolute atomic E-state index is 11.5. The van der Waals surface area contributed by atoms with Crippen LogP contribution >= 0.6 is 47.8 Å². The summed E-state index contributed by atoms with van der Waals surface area (Å²) in [5, 5.41) is 0. The van der Waals surface area contributed by atoms with Gasteiger partial charge in [-0.2, -0.15) is 0 Å². The van der Waals surface area contributed by atoms with Gasteiger partial charge in [0.25, 0.3) is 0 Å². The minimum absolute atomic E-state index is 0.0492. The Bertz CT molecular complexity index is 370. The number of hydrogen-bond donors (Lipinski definition) is 1. The average molecular weight is 450 g/mol. The topological polar surface area (TPSA) is 38.3 Å². The van der Waals surface area contributed by atoms with Gasteiger partial charge in [-0.1, -0.05) is 30.3 Å². The van der Waals surface area contributed by atoms with Crippen molar-refractivity contribution in [3.63, 3.8) is 0 Å². The molecule has 0 spiro atoms. The summed E-state index contributed by atoms with van der Waals surface area (Å²) in [5.41, 5.74) is 1.19. The highest BCUT2D eigenvalue weighted by Gasteiger charge is 2.23. The second kappa shape index (κ2) is 7.35. The minimum Gasteiger partial charge on any atom is -0.237 e. The van der Waals surface area contributed by atoms with Gasteiger partial charge in [0.2, 0.25) is 13.6 Å². The van der Waals surface area contributed by atoms with E-state index in [4.69, 9.17) is 4.18 Å². The van der Waals surface area contributed by atoms with Gasteiger partial charge < -0.3 is 0 Å². The lowest BCUT2D eigenvalue weighted by Crippen LogP contribution is -2.32. The highest BCUT2D eigenvalue weighted by molar-refractivity contribution is 9.39. The summed E-state index contributed by atoms with van der Waals surface area (Å²) >= 11 is 7.76. The van der Waals surface area contributed by atoms with E-state index in [9.17, 15) is 4.21 Å². The molecule has 0 saturated carbocycles. The molecule has 3 nitrogen and oxygen atoms in total. The van der Waals surface area contributed by atoms with Crippen molar-refractivity contribution in [3.8, 4) is 0 Å². The third kappa shape index (κ3) is 7.69. The summed E-state index contributed by atoms with van der Waals surface area (Å²) in [6.45, 7) is 1.95. The molecular formula is C10H12Br3NO2S. The molecular weight excluding hydrogens is 438 g/mol. The molecule has 0 aliphatic carbocycles. The van der Waals surface area contributed by atoms with Crippen molar-refractivity contribution in [2.45, 2.75) is 21.7 Å². The van der Waals surface area contributed by atoms with E-state index in [2.05, 4.69) is 52.5 Å². The van der Waals surface area contributed by atoms with Crippen LogP contribution in [0, 0.1) is 0 Å². The molecule has 0 aliphatic heterocycles. The molecule has 2 atom stereocenters. The number of halogens is 3. The Morgan fingerprint density at radius 1 is 1.35 bits per heavy atom. The van der Waals surface area contributed by atoms with Crippen LogP contribution in [0.5, 0.6) is 0 Å². The maximum Gasteiger partial charge on any atom is 0.249 e. The van der Waals surface area contributed by atoms with Crippen LogP contribution in [0.1, 0.15) is 12.5 Å². The molecule has 0 fully saturated rings. The molecule has 7 heteroatoms. The van der Waals surface area contributed by atoms with Gasteiger partial charge in [0, 0.05) is 6.04 Å². The van der Waals surface area contributed by atoms with Crippen LogP contribution in [0.4, 0.5) is 0 Å². The van der Waals surface area contributed by atoms with Crippen LogP contribution in [-0.2, 0) is 21.9 Å². The molecule has 0 aromatic heterocycles. The molecule has 0 aliphatic rings. The summed E-state index contributed by atoms with van der Waals surface area (Å²) in [5.74, 6) is 0. The zero-order chi connectivity index (χ0) is 12.9. The third-order valence-corrected chi connectivity index (χ3v) is 3.98. The SMILES string of the molecule is CC(Cc1ccccc1)NS(=O)OC(Br)(Br)Br. The van der Waals surface area contributed by atoms with Gasteiger partial charge in [-0.3, -0.25) is 0 Å². The fraction of sp³-hybridized carbons (Fsp3) is 0.400. The Hall–Kier alpha value is 0.730. The predicted molar refractivity (Wildman–Crippen MR) is 81.5 cm³/mol. The number of benzene rings is 1. The number of nitrogens with one attached hydrogen (secondary N) is 1. The normalized spacial score (nSPS) is 15.5. The summed E-state index contributed by atoms with van der Waals surface area (Å²) in [4.78, 5) is 0. The molecule has 1 rings (SSSR count). The van der Waals surface area contributed by atoms with Crippen molar-refractivity contribution in [2.75, 3.05) is 0 Å². The average Bonchev–Trinajstić information content (AvgIpc) is 2.15. The van der Waals surface area contributed by atoms with E-state index in [1.54, 1.807) is 0 Å². The van der Waals surface area contributed by atoms with E-state index in [0.29, 0.717) is 0 Å². The second-order valence-corrected chi connectivity index (χ2v) is 10.9. The highest BCUT2D eigenvalue weighted by Crippen LogP contribution is 2.35. The zero-order valence-corrected chi connectivity index (χ0v) is 14.6. The van der Waals surface area contributed by atoms with Crippen LogP contribution < -0.4 is 4.72 Å². The van der Waals surface area contributed by atoms with E-state index >= 15 is 0 Å². The van der Waals surface area contributed by atoms with Crippen molar-refractivity contribution >= 4 is 59.1 Å². The van der Waals surface area contributed by atoms with Crippen molar-refractivity contribution < 1.29 is 8.39 Å². The Kier molecular flexibility index (Phi) is 6.83. The number of rotatable bonds is 5. The van der Waals surface area contributed by atoms with Gasteiger partial charge in [0.05, 0.1) is 0 Å². The fourth-order valence-corrected chi connectivity index (χ4v) is 3.00. The molecule has 1 N–H and O–H groups in total. The second-order valence-electron chi connectivity index (χ2n) is 3.47. The van der Waals surface area contributed by atoms with Crippen LogP contribution in [0.2, 0.25) is 0 Å². The molecule has 1 aromatic carbocycles. The molecule has 96 valence electrons. The van der Waals surface area contributed by atoms with Crippen LogP contribution in [0.25, 0.3) is 0 Å². The monoisotopic (exact) mass is 447 g/mol. The first-order valence-electron chi connectivity index (χ1n) is 4.85. The Morgan fingerprint density at radius 3 is 2.47 bits per heavy atom. The summed E-state index contributed by atoms with van der Waals surface area (Å²) in [6.07, 6.45) is 0.787. The van der Waals surface area contributed by atoms with E-state index in [0.717, 1.165) is 6.42 Å². The van der Waals surface area contributed by atoms with Gasteiger partial charge >= 0.3 is 0 Å². The fourth-order valence-electron chi connectivity index (χ4n) is 1.28. The van der Waals surface area contributed by atoms with Crippen molar-refractivity contribution in [1.82, 2.24) is 4.72 Å². The van der Waals surface area contributed by atoms with Gasteiger partial charge in [-0.05, 0) is 66.7 Å². The standard InChI is InChI=1S/C10H12Br3NO2S/c1-8(7-9-5-3-2-4-6-9)14-17(15)16-10(11,12)13/h2-6,8,14H,7H2,1H3. The zero-order valence-electron chi connectivity index (χ0n) is 9.03. The minimum atomic E-state index is -1.58. The summed E-state index contributed by atoms with van der Waals surface area (Å²) in [6, 6.07) is 10.1. The molecule has 0 amide bonds. The first-order valence-corrected chi connectivity index (χ1v) is 8.30. The lowest BCUT2D eigenvalue weighted by atomic mass is 10.1. The first kappa shape index (κ1) is 15.8. The van der Waals surface area contributed by atoms with E-state index in [-0.39, 0.29) is 6.04 Å². The van der Waals surface area contributed by atoms with Gasteiger partial charge in [0.1, 0.15) is 0 Å². The van der Waals surface area contributed by atoms with Crippen LogP contribution in [0.15, 0.2) is 30.3 Å². The molecule has 0 radical (unpaired) electrons.